The zero-order chi connectivity index (χ0) is 13.2. The predicted molar refractivity (Wildman–Crippen MR) is 81.9 cm³/mol. The maximum atomic E-state index is 3.65. The molecule has 100 valence electrons. The second-order valence-corrected chi connectivity index (χ2v) is 7.24. The molecule has 0 heterocycles. The number of nitrogens with one attached hydrogen (secondary N) is 1. The Labute approximate surface area is 119 Å². The summed E-state index contributed by atoms with van der Waals surface area (Å²) in [6.45, 7) is 9.12. The molecule has 0 aromatic heterocycles. The summed E-state index contributed by atoms with van der Waals surface area (Å²) in [5.41, 5.74) is 1.86. The molecule has 0 bridgehead atoms. The van der Waals surface area contributed by atoms with Crippen molar-refractivity contribution in [1.82, 2.24) is 5.32 Å². The van der Waals surface area contributed by atoms with Crippen molar-refractivity contribution >= 4 is 15.9 Å². The van der Waals surface area contributed by atoms with E-state index in [1.165, 1.54) is 22.9 Å². The smallest absolute Gasteiger partial charge is 0.0178 e. The summed E-state index contributed by atoms with van der Waals surface area (Å²) in [5.74, 6) is 1.59. The summed E-state index contributed by atoms with van der Waals surface area (Å²) < 4.78 is 1.20. The molecule has 0 saturated heterocycles. The number of benzene rings is 1. The molecule has 0 amide bonds. The lowest BCUT2D eigenvalue weighted by molar-refractivity contribution is 0.151. The highest BCUT2D eigenvalue weighted by Crippen LogP contribution is 2.47. The van der Waals surface area contributed by atoms with Crippen LogP contribution in [-0.2, 0) is 5.41 Å². The van der Waals surface area contributed by atoms with Crippen LogP contribution in [0.5, 0.6) is 0 Å². The lowest BCUT2D eigenvalue weighted by atomic mass is 9.59. The average Bonchev–Trinajstić information content (AvgIpc) is 2.25. The molecule has 1 fully saturated rings. The van der Waals surface area contributed by atoms with E-state index in [-0.39, 0.29) is 0 Å². The standard InChI is InChI=1S/C16H24BrN/c1-12(2)10-18-11-16(8-13(3)9-16)14-5-4-6-15(17)7-14/h4-7,12-13,18H,8-11H2,1-3H3. The van der Waals surface area contributed by atoms with Crippen molar-refractivity contribution in [2.45, 2.75) is 39.0 Å². The number of halogens is 1. The highest BCUT2D eigenvalue weighted by Gasteiger charge is 2.42. The third-order valence-electron chi connectivity index (χ3n) is 3.93. The third-order valence-corrected chi connectivity index (χ3v) is 4.42. The fourth-order valence-corrected chi connectivity index (χ4v) is 3.57. The van der Waals surface area contributed by atoms with Gasteiger partial charge in [-0.05, 0) is 48.9 Å². The molecule has 18 heavy (non-hydrogen) atoms. The second kappa shape index (κ2) is 5.75. The molecule has 0 aliphatic heterocycles. The Morgan fingerprint density at radius 1 is 1.39 bits per heavy atom. The molecular formula is C16H24BrN. The van der Waals surface area contributed by atoms with Crippen LogP contribution in [0.2, 0.25) is 0 Å². The van der Waals surface area contributed by atoms with Crippen molar-refractivity contribution in [1.29, 1.82) is 0 Å². The molecule has 1 N–H and O–H groups in total. The van der Waals surface area contributed by atoms with Crippen molar-refractivity contribution < 1.29 is 0 Å². The molecule has 0 spiro atoms. The van der Waals surface area contributed by atoms with Crippen LogP contribution in [0.1, 0.15) is 39.2 Å². The van der Waals surface area contributed by atoms with E-state index < -0.39 is 0 Å². The quantitative estimate of drug-likeness (QED) is 0.852. The van der Waals surface area contributed by atoms with E-state index in [9.17, 15) is 0 Å². The average molecular weight is 310 g/mol. The van der Waals surface area contributed by atoms with Gasteiger partial charge in [0.2, 0.25) is 0 Å². The van der Waals surface area contributed by atoms with Crippen LogP contribution in [0.3, 0.4) is 0 Å². The van der Waals surface area contributed by atoms with Crippen LogP contribution in [0.4, 0.5) is 0 Å². The van der Waals surface area contributed by atoms with Gasteiger partial charge in [-0.1, -0.05) is 48.8 Å². The van der Waals surface area contributed by atoms with E-state index in [4.69, 9.17) is 0 Å². The normalized spacial score (nSPS) is 27.3. The monoisotopic (exact) mass is 309 g/mol. The summed E-state index contributed by atoms with van der Waals surface area (Å²) in [6.07, 6.45) is 2.63. The van der Waals surface area contributed by atoms with Gasteiger partial charge in [0.05, 0.1) is 0 Å². The number of rotatable bonds is 5. The molecule has 1 aliphatic rings. The van der Waals surface area contributed by atoms with Crippen LogP contribution in [0.15, 0.2) is 28.7 Å². The highest BCUT2D eigenvalue weighted by molar-refractivity contribution is 9.10. The van der Waals surface area contributed by atoms with Gasteiger partial charge in [0.15, 0.2) is 0 Å². The summed E-state index contributed by atoms with van der Waals surface area (Å²) in [4.78, 5) is 0. The Hall–Kier alpha value is -0.340. The first-order chi connectivity index (χ1) is 8.52. The zero-order valence-corrected chi connectivity index (χ0v) is 13.3. The fourth-order valence-electron chi connectivity index (χ4n) is 3.17. The topological polar surface area (TPSA) is 12.0 Å². The van der Waals surface area contributed by atoms with Crippen molar-refractivity contribution in [3.63, 3.8) is 0 Å². The molecule has 0 unspecified atom stereocenters. The first-order valence-corrected chi connectivity index (χ1v) is 7.78. The highest BCUT2D eigenvalue weighted by atomic mass is 79.9. The molecule has 2 heteroatoms. The van der Waals surface area contributed by atoms with Gasteiger partial charge in [-0.15, -0.1) is 0 Å². The molecule has 0 atom stereocenters. The van der Waals surface area contributed by atoms with Crippen LogP contribution < -0.4 is 5.32 Å². The maximum Gasteiger partial charge on any atom is 0.0178 e. The minimum absolute atomic E-state index is 0.373. The van der Waals surface area contributed by atoms with Crippen LogP contribution >= 0.6 is 15.9 Å². The van der Waals surface area contributed by atoms with Crippen molar-refractivity contribution in [2.75, 3.05) is 13.1 Å². The van der Waals surface area contributed by atoms with Gasteiger partial charge in [-0.2, -0.15) is 0 Å². The van der Waals surface area contributed by atoms with Crippen LogP contribution in [-0.4, -0.2) is 13.1 Å². The molecule has 0 radical (unpaired) electrons. The Morgan fingerprint density at radius 2 is 2.11 bits per heavy atom. The van der Waals surface area contributed by atoms with Gasteiger partial charge >= 0.3 is 0 Å². The molecule has 1 aromatic rings. The van der Waals surface area contributed by atoms with Crippen LogP contribution in [0, 0.1) is 11.8 Å². The largest absolute Gasteiger partial charge is 0.316 e. The molecule has 1 aromatic carbocycles. The Morgan fingerprint density at radius 3 is 2.67 bits per heavy atom. The van der Waals surface area contributed by atoms with Gasteiger partial charge in [-0.3, -0.25) is 0 Å². The number of hydrogen-bond donors (Lipinski definition) is 1. The van der Waals surface area contributed by atoms with E-state index >= 15 is 0 Å². The molecular weight excluding hydrogens is 286 g/mol. The second-order valence-electron chi connectivity index (χ2n) is 6.33. The number of hydrogen-bond acceptors (Lipinski definition) is 1. The van der Waals surface area contributed by atoms with Crippen molar-refractivity contribution in [2.24, 2.45) is 11.8 Å². The minimum Gasteiger partial charge on any atom is -0.316 e. The Bertz CT molecular complexity index is 394. The third kappa shape index (κ3) is 3.16. The van der Waals surface area contributed by atoms with E-state index in [2.05, 4.69) is 66.3 Å². The Balaban J connectivity index is 2.07. The van der Waals surface area contributed by atoms with E-state index in [0.29, 0.717) is 5.41 Å². The molecule has 1 saturated carbocycles. The summed E-state index contributed by atoms with van der Waals surface area (Å²) in [5, 5.41) is 3.65. The van der Waals surface area contributed by atoms with Gasteiger partial charge in [0, 0.05) is 16.4 Å². The predicted octanol–water partition coefficient (Wildman–Crippen LogP) is 4.36. The summed E-state index contributed by atoms with van der Waals surface area (Å²) in [7, 11) is 0. The molecule has 1 aliphatic carbocycles. The first kappa shape index (κ1) is 14.1. The fraction of sp³-hybridized carbons (Fsp3) is 0.625. The maximum absolute atomic E-state index is 3.65. The minimum atomic E-state index is 0.373. The summed E-state index contributed by atoms with van der Waals surface area (Å²) in [6, 6.07) is 8.85. The SMILES string of the molecule is CC(C)CNCC1(c2cccc(Br)c2)CC(C)C1. The van der Waals surface area contributed by atoms with Gasteiger partial charge in [0.25, 0.3) is 0 Å². The van der Waals surface area contributed by atoms with Crippen LogP contribution in [0.25, 0.3) is 0 Å². The van der Waals surface area contributed by atoms with Crippen molar-refractivity contribution in [3.8, 4) is 0 Å². The lowest BCUT2D eigenvalue weighted by Crippen LogP contribution is -2.48. The lowest BCUT2D eigenvalue weighted by Gasteiger charge is -2.47. The first-order valence-electron chi connectivity index (χ1n) is 6.98. The van der Waals surface area contributed by atoms with E-state index in [0.717, 1.165) is 24.9 Å². The summed E-state index contributed by atoms with van der Waals surface area (Å²) >= 11 is 3.59. The van der Waals surface area contributed by atoms with Gasteiger partial charge < -0.3 is 5.32 Å². The molecule has 2 rings (SSSR count). The van der Waals surface area contributed by atoms with E-state index in [1.807, 2.05) is 0 Å². The molecule has 1 nitrogen and oxygen atoms in total. The van der Waals surface area contributed by atoms with Gasteiger partial charge in [-0.25, -0.2) is 0 Å². The van der Waals surface area contributed by atoms with Crippen molar-refractivity contribution in [3.05, 3.63) is 34.3 Å². The zero-order valence-electron chi connectivity index (χ0n) is 11.7. The Kier molecular flexibility index (Phi) is 4.50. The van der Waals surface area contributed by atoms with Gasteiger partial charge in [0.1, 0.15) is 0 Å². The van der Waals surface area contributed by atoms with E-state index in [1.54, 1.807) is 0 Å².